The molecule has 1 heteroatoms. The summed E-state index contributed by atoms with van der Waals surface area (Å²) in [5, 5.41) is 4.96. The molecule has 1 atom stereocenters. The van der Waals surface area contributed by atoms with Crippen LogP contribution in [0, 0.1) is 0 Å². The van der Waals surface area contributed by atoms with Gasteiger partial charge in [-0.25, -0.2) is 0 Å². The fraction of sp³-hybridized carbons (Fsp3) is 0.147. The SMILES string of the molecule is CCc1cc(CCC(c2ccc3c(c2)C(C)(C)c2cc(-c4ccccc4)ccc2-3)c2ccc(-c3ccccc3)c3ccccc23)ccc1-c1ccc(-c2ccc3c(c2)oc2ccccc23)cc1CC. The molecule has 0 N–H and O–H groups in total. The monoisotopic (exact) mass is 888 g/mol. The zero-order valence-corrected chi connectivity index (χ0v) is 40.0. The van der Waals surface area contributed by atoms with Crippen molar-refractivity contribution >= 4 is 32.7 Å². The molecular weight excluding hydrogens is 833 g/mol. The predicted octanol–water partition coefficient (Wildman–Crippen LogP) is 18.6. The summed E-state index contributed by atoms with van der Waals surface area (Å²) in [5.41, 5.74) is 24.3. The van der Waals surface area contributed by atoms with Crippen LogP contribution in [0.3, 0.4) is 0 Å². The number of para-hydroxylation sites is 1. The molecule has 1 unspecified atom stereocenters. The van der Waals surface area contributed by atoms with Crippen molar-refractivity contribution in [2.75, 3.05) is 0 Å². The molecule has 1 nitrogen and oxygen atoms in total. The lowest BCUT2D eigenvalue weighted by molar-refractivity contribution is 0.655. The molecule has 334 valence electrons. The van der Waals surface area contributed by atoms with Crippen molar-refractivity contribution < 1.29 is 4.42 Å². The van der Waals surface area contributed by atoms with Gasteiger partial charge in [-0.05, 0) is 155 Å². The second-order valence-electron chi connectivity index (χ2n) is 19.6. The molecule has 0 aliphatic heterocycles. The fourth-order valence-corrected chi connectivity index (χ4v) is 11.7. The third-order valence-electron chi connectivity index (χ3n) is 15.4. The van der Waals surface area contributed by atoms with Crippen molar-refractivity contribution in [1.29, 1.82) is 0 Å². The highest BCUT2D eigenvalue weighted by Gasteiger charge is 2.36. The van der Waals surface area contributed by atoms with Crippen LogP contribution in [0.5, 0.6) is 0 Å². The Morgan fingerprint density at radius 1 is 0.391 bits per heavy atom. The first-order chi connectivity index (χ1) is 33.9. The molecule has 0 radical (unpaired) electrons. The van der Waals surface area contributed by atoms with Crippen molar-refractivity contribution in [3.05, 3.63) is 251 Å². The van der Waals surface area contributed by atoms with E-state index in [2.05, 4.69) is 234 Å². The number of hydrogen-bond donors (Lipinski definition) is 0. The van der Waals surface area contributed by atoms with E-state index in [1.807, 2.05) is 6.07 Å². The van der Waals surface area contributed by atoms with Gasteiger partial charge in [0.05, 0.1) is 0 Å². The van der Waals surface area contributed by atoms with Crippen LogP contribution in [0.25, 0.3) is 88.3 Å². The number of furan rings is 1. The van der Waals surface area contributed by atoms with Gasteiger partial charge in [0, 0.05) is 22.1 Å². The van der Waals surface area contributed by atoms with E-state index in [0.717, 1.165) is 47.6 Å². The van der Waals surface area contributed by atoms with Crippen molar-refractivity contribution in [3.8, 4) is 55.6 Å². The minimum Gasteiger partial charge on any atom is -0.456 e. The third-order valence-corrected chi connectivity index (χ3v) is 15.4. The van der Waals surface area contributed by atoms with Crippen molar-refractivity contribution in [1.82, 2.24) is 0 Å². The first kappa shape index (κ1) is 42.6. The second-order valence-corrected chi connectivity index (χ2v) is 19.6. The molecule has 11 aromatic rings. The van der Waals surface area contributed by atoms with Crippen LogP contribution in [0.15, 0.2) is 217 Å². The molecule has 10 aromatic carbocycles. The lowest BCUT2D eigenvalue weighted by atomic mass is 9.78. The molecule has 1 aliphatic rings. The zero-order valence-electron chi connectivity index (χ0n) is 40.0. The van der Waals surface area contributed by atoms with Crippen LogP contribution in [0.2, 0.25) is 0 Å². The van der Waals surface area contributed by atoms with Gasteiger partial charge in [0.1, 0.15) is 11.2 Å². The van der Waals surface area contributed by atoms with Gasteiger partial charge in [-0.3, -0.25) is 0 Å². The van der Waals surface area contributed by atoms with Gasteiger partial charge in [-0.2, -0.15) is 0 Å². The Morgan fingerprint density at radius 3 is 1.70 bits per heavy atom. The number of rotatable bonds is 11. The molecular formula is C68H56O. The largest absolute Gasteiger partial charge is 0.456 e. The topological polar surface area (TPSA) is 13.1 Å². The molecule has 0 saturated carbocycles. The summed E-state index contributed by atoms with van der Waals surface area (Å²) in [5.74, 6) is 0.187. The number of fused-ring (bicyclic) bond motifs is 7. The Morgan fingerprint density at radius 2 is 0.942 bits per heavy atom. The maximum Gasteiger partial charge on any atom is 0.136 e. The maximum absolute atomic E-state index is 6.28. The normalized spacial score (nSPS) is 13.2. The van der Waals surface area contributed by atoms with E-state index >= 15 is 0 Å². The van der Waals surface area contributed by atoms with Gasteiger partial charge < -0.3 is 4.42 Å². The van der Waals surface area contributed by atoms with E-state index in [-0.39, 0.29) is 11.3 Å². The highest BCUT2D eigenvalue weighted by Crippen LogP contribution is 2.51. The molecule has 0 amide bonds. The molecule has 0 bridgehead atoms. The number of hydrogen-bond acceptors (Lipinski definition) is 1. The van der Waals surface area contributed by atoms with E-state index < -0.39 is 0 Å². The Kier molecular flexibility index (Phi) is 10.7. The molecule has 69 heavy (non-hydrogen) atoms. The zero-order chi connectivity index (χ0) is 46.6. The maximum atomic E-state index is 6.28. The van der Waals surface area contributed by atoms with Gasteiger partial charge in [0.15, 0.2) is 0 Å². The molecule has 0 saturated heterocycles. The van der Waals surface area contributed by atoms with Crippen molar-refractivity contribution in [2.24, 2.45) is 0 Å². The van der Waals surface area contributed by atoms with Crippen molar-refractivity contribution in [2.45, 2.75) is 64.7 Å². The van der Waals surface area contributed by atoms with Gasteiger partial charge in [-0.1, -0.05) is 216 Å². The van der Waals surface area contributed by atoms with Crippen LogP contribution in [-0.4, -0.2) is 0 Å². The van der Waals surface area contributed by atoms with E-state index in [9.17, 15) is 0 Å². The summed E-state index contributed by atoms with van der Waals surface area (Å²) in [6.07, 6.45) is 3.89. The standard InChI is InChI=1S/C68H56O/c1-5-45-39-44(25-31-53(45)54-33-27-49(40-46(54)6-2)51-29-36-63-62-23-15-16-24-66(62)69-67(63)43-51)26-32-56(59-38-37-55(48-19-11-8-12-20-48)57-21-13-14-22-58(57)59)52-30-35-61-60-34-28-50(47-17-9-7-10-18-47)41-64(60)68(3,4)65(61)42-52/h7-25,27-31,33-43,56H,5-6,26,32H2,1-4H3. The minimum atomic E-state index is -0.140. The van der Waals surface area contributed by atoms with Gasteiger partial charge in [-0.15, -0.1) is 0 Å². The van der Waals surface area contributed by atoms with E-state index in [4.69, 9.17) is 4.42 Å². The number of aryl methyl sites for hydroxylation is 3. The van der Waals surface area contributed by atoms with E-state index in [0.29, 0.717) is 0 Å². The summed E-state index contributed by atoms with van der Waals surface area (Å²) in [4.78, 5) is 0. The molecule has 12 rings (SSSR count). The molecule has 1 heterocycles. The van der Waals surface area contributed by atoms with Crippen molar-refractivity contribution in [3.63, 3.8) is 0 Å². The highest BCUT2D eigenvalue weighted by molar-refractivity contribution is 6.06. The van der Waals surface area contributed by atoms with Gasteiger partial charge in [0.25, 0.3) is 0 Å². The molecule has 0 fully saturated rings. The highest BCUT2D eigenvalue weighted by atomic mass is 16.3. The quantitative estimate of drug-likeness (QED) is 0.126. The molecule has 0 spiro atoms. The summed E-state index contributed by atoms with van der Waals surface area (Å²) >= 11 is 0. The first-order valence-corrected chi connectivity index (χ1v) is 24.9. The van der Waals surface area contributed by atoms with E-state index in [1.165, 1.54) is 105 Å². The molecule has 1 aliphatic carbocycles. The Bertz CT molecular complexity index is 3720. The summed E-state index contributed by atoms with van der Waals surface area (Å²) in [7, 11) is 0. The van der Waals surface area contributed by atoms with Crippen LogP contribution < -0.4 is 0 Å². The Hall–Kier alpha value is -7.74. The Balaban J connectivity index is 0.898. The lowest BCUT2D eigenvalue weighted by Crippen LogP contribution is -2.16. The summed E-state index contributed by atoms with van der Waals surface area (Å²) < 4.78 is 6.28. The van der Waals surface area contributed by atoms with Crippen LogP contribution >= 0.6 is 0 Å². The van der Waals surface area contributed by atoms with E-state index in [1.54, 1.807) is 0 Å². The number of benzene rings is 10. The second kappa shape index (κ2) is 17.4. The average Bonchev–Trinajstić information content (AvgIpc) is 3.89. The third kappa shape index (κ3) is 7.49. The fourth-order valence-electron chi connectivity index (χ4n) is 11.7. The summed E-state index contributed by atoms with van der Waals surface area (Å²) in [6, 6.07) is 79.3. The first-order valence-electron chi connectivity index (χ1n) is 24.9. The van der Waals surface area contributed by atoms with Crippen LogP contribution in [-0.2, 0) is 24.7 Å². The molecule has 1 aromatic heterocycles. The van der Waals surface area contributed by atoms with Gasteiger partial charge in [0.2, 0.25) is 0 Å². The van der Waals surface area contributed by atoms with Crippen LogP contribution in [0.4, 0.5) is 0 Å². The smallest absolute Gasteiger partial charge is 0.136 e. The van der Waals surface area contributed by atoms with Gasteiger partial charge >= 0.3 is 0 Å². The minimum absolute atomic E-state index is 0.140. The Labute approximate surface area is 406 Å². The summed E-state index contributed by atoms with van der Waals surface area (Å²) in [6.45, 7) is 9.42. The predicted molar refractivity (Wildman–Crippen MR) is 292 cm³/mol. The van der Waals surface area contributed by atoms with Crippen LogP contribution in [0.1, 0.15) is 79.0 Å². The average molecular weight is 889 g/mol. The lowest BCUT2D eigenvalue weighted by Gasteiger charge is -2.26.